The molecule has 0 saturated heterocycles. The molecule has 2 unspecified atom stereocenters. The average molecular weight is 284 g/mol. The summed E-state index contributed by atoms with van der Waals surface area (Å²) in [5.74, 6) is 1.55. The van der Waals surface area contributed by atoms with Crippen LogP contribution in [0, 0.1) is 17.3 Å². The molecule has 2 atom stereocenters. The molecule has 0 radical (unpaired) electrons. The Bertz CT molecular complexity index is 337. The first-order valence-corrected chi connectivity index (χ1v) is 7.85. The van der Waals surface area contributed by atoms with E-state index in [0.29, 0.717) is 10.9 Å². The van der Waals surface area contributed by atoms with Gasteiger partial charge in [0.25, 0.3) is 0 Å². The summed E-state index contributed by atoms with van der Waals surface area (Å²) in [6.07, 6.45) is 4.62. The van der Waals surface area contributed by atoms with Crippen LogP contribution in [0.25, 0.3) is 0 Å². The van der Waals surface area contributed by atoms with E-state index >= 15 is 0 Å². The van der Waals surface area contributed by atoms with Crippen molar-refractivity contribution < 1.29 is 4.79 Å². The van der Waals surface area contributed by atoms with Gasteiger partial charge in [0.1, 0.15) is 0 Å². The van der Waals surface area contributed by atoms with Crippen molar-refractivity contribution in [2.24, 2.45) is 23.0 Å². The molecule has 0 aromatic carbocycles. The Labute approximate surface area is 122 Å². The van der Waals surface area contributed by atoms with E-state index in [9.17, 15) is 4.79 Å². The van der Waals surface area contributed by atoms with Crippen LogP contribution in [0.15, 0.2) is 0 Å². The normalized spacial score (nSPS) is 22.1. The van der Waals surface area contributed by atoms with Gasteiger partial charge in [-0.25, -0.2) is 0 Å². The minimum atomic E-state index is -0.619. The lowest BCUT2D eigenvalue weighted by Crippen LogP contribution is -2.50. The smallest absolute Gasteiger partial charge is 0.235 e. The van der Waals surface area contributed by atoms with E-state index in [-0.39, 0.29) is 5.91 Å². The van der Waals surface area contributed by atoms with E-state index in [1.54, 1.807) is 0 Å². The molecule has 1 rings (SSSR count). The molecule has 0 spiro atoms. The van der Waals surface area contributed by atoms with Crippen molar-refractivity contribution in [1.82, 2.24) is 4.90 Å². The number of carbonyl (C=O) groups excluding carboxylic acids is 1. The number of rotatable bonds is 8. The van der Waals surface area contributed by atoms with Crippen LogP contribution in [0.2, 0.25) is 0 Å². The Morgan fingerprint density at radius 1 is 1.37 bits per heavy atom. The van der Waals surface area contributed by atoms with Gasteiger partial charge in [-0.3, -0.25) is 4.79 Å². The van der Waals surface area contributed by atoms with Gasteiger partial charge in [0, 0.05) is 13.6 Å². The average Bonchev–Trinajstić information content (AvgIpc) is 3.03. The molecule has 110 valence electrons. The zero-order valence-electron chi connectivity index (χ0n) is 12.7. The van der Waals surface area contributed by atoms with Gasteiger partial charge < -0.3 is 10.6 Å². The monoisotopic (exact) mass is 284 g/mol. The van der Waals surface area contributed by atoms with E-state index in [4.69, 9.17) is 18.0 Å². The van der Waals surface area contributed by atoms with E-state index < -0.39 is 5.41 Å². The van der Waals surface area contributed by atoms with Crippen molar-refractivity contribution in [3.8, 4) is 0 Å². The number of nitrogens with zero attached hydrogens (tertiary/aromatic N) is 1. The van der Waals surface area contributed by atoms with Crippen LogP contribution in [0.4, 0.5) is 0 Å². The van der Waals surface area contributed by atoms with Gasteiger partial charge in [-0.2, -0.15) is 0 Å². The van der Waals surface area contributed by atoms with Crippen molar-refractivity contribution in [3.05, 3.63) is 0 Å². The SMILES string of the molecule is CCCC(CCC)(C(=O)N(C)CC1CC1C)C(N)=S. The summed E-state index contributed by atoms with van der Waals surface area (Å²) < 4.78 is 0. The van der Waals surface area contributed by atoms with Gasteiger partial charge in [0.15, 0.2) is 0 Å². The highest BCUT2D eigenvalue weighted by Gasteiger charge is 2.43. The molecule has 0 aromatic heterocycles. The van der Waals surface area contributed by atoms with Gasteiger partial charge in [0.05, 0.1) is 10.4 Å². The van der Waals surface area contributed by atoms with Crippen LogP contribution in [0.5, 0.6) is 0 Å². The molecule has 1 saturated carbocycles. The molecule has 1 aliphatic carbocycles. The molecule has 1 fully saturated rings. The topological polar surface area (TPSA) is 46.3 Å². The molecular weight excluding hydrogens is 256 g/mol. The third kappa shape index (κ3) is 3.68. The first kappa shape index (κ1) is 16.4. The molecule has 2 N–H and O–H groups in total. The van der Waals surface area contributed by atoms with Crippen molar-refractivity contribution in [2.45, 2.75) is 52.9 Å². The van der Waals surface area contributed by atoms with Gasteiger partial charge >= 0.3 is 0 Å². The van der Waals surface area contributed by atoms with Crippen LogP contribution in [0.1, 0.15) is 52.9 Å². The zero-order chi connectivity index (χ0) is 14.6. The summed E-state index contributed by atoms with van der Waals surface area (Å²) in [7, 11) is 1.89. The molecule has 4 heteroatoms. The Morgan fingerprint density at radius 3 is 2.16 bits per heavy atom. The predicted octanol–water partition coefficient (Wildman–Crippen LogP) is 2.97. The van der Waals surface area contributed by atoms with E-state index in [0.717, 1.165) is 38.1 Å². The second-order valence-corrected chi connectivity index (χ2v) is 6.54. The minimum absolute atomic E-state index is 0.128. The second-order valence-electron chi connectivity index (χ2n) is 6.11. The summed E-state index contributed by atoms with van der Waals surface area (Å²) in [5, 5.41) is 0. The largest absolute Gasteiger partial charge is 0.392 e. The summed E-state index contributed by atoms with van der Waals surface area (Å²) in [4.78, 5) is 15.0. The third-order valence-corrected chi connectivity index (χ3v) is 4.76. The minimum Gasteiger partial charge on any atom is -0.392 e. The van der Waals surface area contributed by atoms with Gasteiger partial charge in [-0.15, -0.1) is 0 Å². The Kier molecular flexibility index (Phi) is 5.78. The lowest BCUT2D eigenvalue weighted by Gasteiger charge is -2.35. The molecular formula is C15H28N2OS. The van der Waals surface area contributed by atoms with Gasteiger partial charge in [-0.1, -0.05) is 45.8 Å². The van der Waals surface area contributed by atoms with Crippen LogP contribution < -0.4 is 5.73 Å². The number of thiocarbonyl (C=S) groups is 1. The first-order chi connectivity index (χ1) is 8.89. The van der Waals surface area contributed by atoms with Crippen LogP contribution >= 0.6 is 12.2 Å². The zero-order valence-corrected chi connectivity index (χ0v) is 13.6. The maximum absolute atomic E-state index is 12.8. The van der Waals surface area contributed by atoms with Crippen molar-refractivity contribution in [3.63, 3.8) is 0 Å². The molecule has 0 bridgehead atoms. The number of amides is 1. The number of nitrogens with two attached hydrogens (primary N) is 1. The summed E-state index contributed by atoms with van der Waals surface area (Å²) in [6.45, 7) is 7.25. The quantitative estimate of drug-likeness (QED) is 0.697. The highest BCUT2D eigenvalue weighted by atomic mass is 32.1. The Balaban J connectivity index is 2.82. The fourth-order valence-corrected chi connectivity index (χ4v) is 3.29. The number of hydrogen-bond donors (Lipinski definition) is 1. The molecule has 0 heterocycles. The summed E-state index contributed by atoms with van der Waals surface area (Å²) >= 11 is 5.24. The van der Waals surface area contributed by atoms with Crippen molar-refractivity contribution in [2.75, 3.05) is 13.6 Å². The molecule has 0 aliphatic heterocycles. The van der Waals surface area contributed by atoms with E-state index in [1.807, 2.05) is 11.9 Å². The lowest BCUT2D eigenvalue weighted by atomic mass is 9.77. The molecule has 19 heavy (non-hydrogen) atoms. The highest BCUT2D eigenvalue weighted by Crippen LogP contribution is 2.39. The molecule has 0 aromatic rings. The summed E-state index contributed by atoms with van der Waals surface area (Å²) in [6, 6.07) is 0. The molecule has 1 aliphatic rings. The van der Waals surface area contributed by atoms with Crippen molar-refractivity contribution in [1.29, 1.82) is 0 Å². The third-order valence-electron chi connectivity index (χ3n) is 4.37. The first-order valence-electron chi connectivity index (χ1n) is 7.44. The predicted molar refractivity (Wildman–Crippen MR) is 83.9 cm³/mol. The summed E-state index contributed by atoms with van der Waals surface area (Å²) in [5.41, 5.74) is 5.32. The Hall–Kier alpha value is -0.640. The van der Waals surface area contributed by atoms with Gasteiger partial charge in [-0.05, 0) is 31.1 Å². The lowest BCUT2D eigenvalue weighted by molar-refractivity contribution is -0.138. The Morgan fingerprint density at radius 2 is 1.84 bits per heavy atom. The fraction of sp³-hybridized carbons (Fsp3) is 0.867. The molecule has 3 nitrogen and oxygen atoms in total. The van der Waals surface area contributed by atoms with Crippen LogP contribution in [0.3, 0.4) is 0 Å². The maximum Gasteiger partial charge on any atom is 0.235 e. The molecule has 1 amide bonds. The highest BCUT2D eigenvalue weighted by molar-refractivity contribution is 7.80. The van der Waals surface area contributed by atoms with E-state index in [1.165, 1.54) is 6.42 Å². The fourth-order valence-electron chi connectivity index (χ4n) is 3.00. The van der Waals surface area contributed by atoms with Crippen molar-refractivity contribution >= 4 is 23.1 Å². The number of hydrogen-bond acceptors (Lipinski definition) is 2. The van der Waals surface area contributed by atoms with Crippen LogP contribution in [-0.2, 0) is 4.79 Å². The van der Waals surface area contributed by atoms with Crippen LogP contribution in [-0.4, -0.2) is 29.4 Å². The standard InChI is InChI=1S/C15H28N2OS/c1-5-7-15(8-6-2,13(16)19)14(18)17(4)10-12-9-11(12)3/h11-12H,5-10H2,1-4H3,(H2,16,19). The maximum atomic E-state index is 12.8. The number of carbonyl (C=O) groups is 1. The van der Waals surface area contributed by atoms with Gasteiger partial charge in [0.2, 0.25) is 5.91 Å². The van der Waals surface area contributed by atoms with E-state index in [2.05, 4.69) is 20.8 Å². The second kappa shape index (κ2) is 6.69.